The largest absolute Gasteiger partial charge is 0.383 e. The molecular weight excluding hydrogens is 522 g/mol. The highest BCUT2D eigenvalue weighted by atomic mass is 16.5. The van der Waals surface area contributed by atoms with E-state index in [9.17, 15) is 4.79 Å². The number of nitrogens with zero attached hydrogens (tertiary/aromatic N) is 3. The van der Waals surface area contributed by atoms with Crippen LogP contribution < -0.4 is 11.1 Å². The summed E-state index contributed by atoms with van der Waals surface area (Å²) < 4.78 is 8.04. The molecule has 0 radical (unpaired) electrons. The summed E-state index contributed by atoms with van der Waals surface area (Å²) in [5, 5.41) is 7.37. The summed E-state index contributed by atoms with van der Waals surface area (Å²) in [6, 6.07) is 19.5. The lowest BCUT2D eigenvalue weighted by atomic mass is 9.84. The van der Waals surface area contributed by atoms with Crippen LogP contribution in [0, 0.1) is 5.92 Å². The second-order valence-electron chi connectivity index (χ2n) is 12.0. The molecule has 0 aliphatic heterocycles. The van der Waals surface area contributed by atoms with Gasteiger partial charge in [-0.2, -0.15) is 5.10 Å². The molecule has 2 saturated carbocycles. The van der Waals surface area contributed by atoms with Gasteiger partial charge < -0.3 is 15.8 Å². The standard InChI is InChI=1S/C35H41N5O2/c1-40-22-30(21-38-40)29-19-31(34(36)37-20-29)35(41)39-32-8-5-9-33(32)42-23-26-12-16-28(17-13-26)27-14-10-25(11-15-27)18-24-6-3-2-4-7-24/h10-17,19-22,24,32-33H,2-9,18,23H2,1H3,(H2,36,37)(H,39,41)/t32-,33-/m0/s1. The maximum absolute atomic E-state index is 13.2. The topological polar surface area (TPSA) is 95.1 Å². The monoisotopic (exact) mass is 563 g/mol. The van der Waals surface area contributed by atoms with E-state index in [1.807, 2.05) is 13.2 Å². The first-order chi connectivity index (χ1) is 20.5. The summed E-state index contributed by atoms with van der Waals surface area (Å²) in [7, 11) is 1.85. The Balaban J connectivity index is 1.03. The van der Waals surface area contributed by atoms with Gasteiger partial charge in [-0.15, -0.1) is 0 Å². The quantitative estimate of drug-likeness (QED) is 0.236. The smallest absolute Gasteiger partial charge is 0.255 e. The fourth-order valence-corrected chi connectivity index (χ4v) is 6.48. The highest BCUT2D eigenvalue weighted by molar-refractivity contribution is 5.99. The minimum absolute atomic E-state index is 0.0407. The van der Waals surface area contributed by atoms with E-state index in [1.54, 1.807) is 23.1 Å². The number of aromatic nitrogens is 3. The third-order valence-corrected chi connectivity index (χ3v) is 8.92. The van der Waals surface area contributed by atoms with Crippen molar-refractivity contribution < 1.29 is 9.53 Å². The number of ether oxygens (including phenoxy) is 1. The summed E-state index contributed by atoms with van der Waals surface area (Å²) in [4.78, 5) is 17.5. The molecule has 4 aromatic rings. The van der Waals surface area contributed by atoms with Crippen LogP contribution in [0.2, 0.25) is 0 Å². The van der Waals surface area contributed by atoms with Crippen LogP contribution in [0.3, 0.4) is 0 Å². The molecule has 0 saturated heterocycles. The van der Waals surface area contributed by atoms with E-state index < -0.39 is 0 Å². The Morgan fingerprint density at radius 1 is 0.881 bits per heavy atom. The van der Waals surface area contributed by atoms with E-state index in [4.69, 9.17) is 10.5 Å². The van der Waals surface area contributed by atoms with E-state index in [0.717, 1.165) is 41.9 Å². The Morgan fingerprint density at radius 2 is 1.60 bits per heavy atom. The molecule has 0 spiro atoms. The molecule has 2 atom stereocenters. The molecule has 2 aromatic heterocycles. The highest BCUT2D eigenvalue weighted by Crippen LogP contribution is 2.29. The average molecular weight is 564 g/mol. The molecule has 2 heterocycles. The predicted molar refractivity (Wildman–Crippen MR) is 167 cm³/mol. The van der Waals surface area contributed by atoms with Crippen molar-refractivity contribution in [3.8, 4) is 22.3 Å². The molecule has 2 fully saturated rings. The lowest BCUT2D eigenvalue weighted by Gasteiger charge is -2.22. The van der Waals surface area contributed by atoms with Crippen LogP contribution in [0.15, 0.2) is 73.2 Å². The number of pyridine rings is 1. The lowest BCUT2D eigenvalue weighted by molar-refractivity contribution is 0.0272. The van der Waals surface area contributed by atoms with Crippen LogP contribution in [0.25, 0.3) is 22.3 Å². The van der Waals surface area contributed by atoms with Crippen molar-refractivity contribution in [2.75, 3.05) is 5.73 Å². The van der Waals surface area contributed by atoms with Gasteiger partial charge in [-0.25, -0.2) is 4.98 Å². The van der Waals surface area contributed by atoms with Crippen molar-refractivity contribution in [2.24, 2.45) is 13.0 Å². The molecule has 7 nitrogen and oxygen atoms in total. The van der Waals surface area contributed by atoms with Crippen LogP contribution in [0.4, 0.5) is 5.82 Å². The zero-order valence-corrected chi connectivity index (χ0v) is 24.5. The van der Waals surface area contributed by atoms with Crippen molar-refractivity contribution in [1.82, 2.24) is 20.1 Å². The molecular formula is C35H41N5O2. The van der Waals surface area contributed by atoms with E-state index in [-0.39, 0.29) is 23.9 Å². The van der Waals surface area contributed by atoms with Crippen molar-refractivity contribution in [3.63, 3.8) is 0 Å². The third-order valence-electron chi connectivity index (χ3n) is 8.92. The number of carbonyl (C=O) groups is 1. The summed E-state index contributed by atoms with van der Waals surface area (Å²) >= 11 is 0. The fourth-order valence-electron chi connectivity index (χ4n) is 6.48. The van der Waals surface area contributed by atoms with Crippen molar-refractivity contribution >= 4 is 11.7 Å². The van der Waals surface area contributed by atoms with E-state index >= 15 is 0 Å². The summed E-state index contributed by atoms with van der Waals surface area (Å²) in [5.74, 6) is 0.852. The van der Waals surface area contributed by atoms with Crippen LogP contribution in [-0.4, -0.2) is 32.8 Å². The zero-order chi connectivity index (χ0) is 28.9. The summed E-state index contributed by atoms with van der Waals surface area (Å²) in [6.07, 6.45) is 16.2. The normalized spacial score (nSPS) is 19.2. The molecule has 6 rings (SSSR count). The van der Waals surface area contributed by atoms with Gasteiger partial charge in [-0.1, -0.05) is 80.6 Å². The highest BCUT2D eigenvalue weighted by Gasteiger charge is 2.30. The Hall–Kier alpha value is -3.97. The number of hydrogen-bond acceptors (Lipinski definition) is 5. The second-order valence-corrected chi connectivity index (χ2v) is 12.0. The number of hydrogen-bond donors (Lipinski definition) is 2. The summed E-state index contributed by atoms with van der Waals surface area (Å²) in [5.41, 5.74) is 13.2. The number of rotatable bonds is 9. The van der Waals surface area contributed by atoms with Gasteiger partial charge >= 0.3 is 0 Å². The van der Waals surface area contributed by atoms with Crippen molar-refractivity contribution in [1.29, 1.82) is 0 Å². The first-order valence-electron chi connectivity index (χ1n) is 15.4. The Kier molecular flexibility index (Phi) is 8.65. The predicted octanol–water partition coefficient (Wildman–Crippen LogP) is 6.72. The van der Waals surface area contributed by atoms with Crippen LogP contribution in [0.1, 0.15) is 72.9 Å². The Labute approximate surface area is 248 Å². The number of benzene rings is 2. The number of nitrogens with two attached hydrogens (primary N) is 1. The molecule has 218 valence electrons. The molecule has 0 unspecified atom stereocenters. The maximum atomic E-state index is 13.2. The van der Waals surface area contributed by atoms with Gasteiger partial charge in [0.25, 0.3) is 5.91 Å². The first kappa shape index (κ1) is 28.2. The Morgan fingerprint density at radius 3 is 2.29 bits per heavy atom. The molecule has 3 N–H and O–H groups in total. The van der Waals surface area contributed by atoms with Gasteiger partial charge in [0.15, 0.2) is 0 Å². The molecule has 2 aromatic carbocycles. The van der Waals surface area contributed by atoms with Crippen LogP contribution >= 0.6 is 0 Å². The third kappa shape index (κ3) is 6.73. The van der Waals surface area contributed by atoms with Gasteiger partial charge in [-0.05, 0) is 59.9 Å². The SMILES string of the molecule is Cn1cc(-c2cnc(N)c(C(=O)N[C@H]3CCC[C@@H]3OCc3ccc(-c4ccc(CC5CCCCC5)cc4)cc3)c2)cn1. The number of anilines is 1. The fraction of sp³-hybridized carbons (Fsp3) is 0.400. The van der Waals surface area contributed by atoms with Gasteiger partial charge in [0.05, 0.1) is 30.5 Å². The van der Waals surface area contributed by atoms with E-state index in [0.29, 0.717) is 12.2 Å². The summed E-state index contributed by atoms with van der Waals surface area (Å²) in [6.45, 7) is 0.512. The van der Waals surface area contributed by atoms with Gasteiger partial charge in [-0.3, -0.25) is 9.48 Å². The van der Waals surface area contributed by atoms with Crippen LogP contribution in [-0.2, 0) is 24.8 Å². The Bertz CT molecular complexity index is 1490. The van der Waals surface area contributed by atoms with Crippen LogP contribution in [0.5, 0.6) is 0 Å². The maximum Gasteiger partial charge on any atom is 0.255 e. The average Bonchev–Trinajstić information content (AvgIpc) is 3.66. The number of nitrogen functional groups attached to an aromatic ring is 1. The van der Waals surface area contributed by atoms with Crippen molar-refractivity contribution in [2.45, 2.75) is 76.5 Å². The minimum Gasteiger partial charge on any atom is -0.383 e. The van der Waals surface area contributed by atoms with E-state index in [2.05, 4.69) is 63.9 Å². The van der Waals surface area contributed by atoms with Gasteiger partial charge in [0.1, 0.15) is 5.82 Å². The molecule has 42 heavy (non-hydrogen) atoms. The molecule has 0 bridgehead atoms. The molecule has 1 amide bonds. The molecule has 7 heteroatoms. The lowest BCUT2D eigenvalue weighted by Crippen LogP contribution is -2.41. The zero-order valence-electron chi connectivity index (χ0n) is 24.5. The number of carbonyl (C=O) groups excluding carboxylic acids is 1. The van der Waals surface area contributed by atoms with E-state index in [1.165, 1.54) is 55.2 Å². The van der Waals surface area contributed by atoms with Gasteiger partial charge in [0, 0.05) is 30.6 Å². The molecule has 2 aliphatic carbocycles. The number of nitrogens with one attached hydrogen (secondary N) is 1. The first-order valence-corrected chi connectivity index (χ1v) is 15.4. The second kappa shape index (κ2) is 12.9. The minimum atomic E-state index is -0.222. The van der Waals surface area contributed by atoms with Crippen molar-refractivity contribution in [3.05, 3.63) is 89.9 Å². The number of amides is 1. The number of aryl methyl sites for hydroxylation is 1. The van der Waals surface area contributed by atoms with Gasteiger partial charge in [0.2, 0.25) is 0 Å². The molecule has 2 aliphatic rings.